The lowest BCUT2D eigenvalue weighted by Gasteiger charge is -2.26. The summed E-state index contributed by atoms with van der Waals surface area (Å²) in [7, 11) is 0. The van der Waals surface area contributed by atoms with Crippen LogP contribution in [-0.4, -0.2) is 23.1 Å². The minimum absolute atomic E-state index is 0.590. The molecule has 4 rings (SSSR count). The zero-order chi connectivity index (χ0) is 18.3. The molecule has 1 aliphatic heterocycles. The van der Waals surface area contributed by atoms with Crippen LogP contribution in [0.4, 0.5) is 0 Å². The van der Waals surface area contributed by atoms with Crippen molar-refractivity contribution in [3.63, 3.8) is 0 Å². The predicted octanol–water partition coefficient (Wildman–Crippen LogP) is 4.88. The van der Waals surface area contributed by atoms with E-state index in [4.69, 9.17) is 4.74 Å². The number of hydrogen-bond donors (Lipinski definition) is 1. The van der Waals surface area contributed by atoms with Crippen LogP contribution in [0.1, 0.15) is 29.8 Å². The number of thiazole rings is 1. The number of hydrazine groups is 1. The molecule has 0 radical (unpaired) electrons. The highest BCUT2D eigenvalue weighted by Gasteiger charge is 2.11. The molecule has 0 amide bonds. The molecule has 1 N–H and O–H groups in total. The zero-order valence-corrected chi connectivity index (χ0v) is 16.3. The van der Waals surface area contributed by atoms with Crippen molar-refractivity contribution in [2.75, 3.05) is 13.1 Å². The summed E-state index contributed by atoms with van der Waals surface area (Å²) in [5, 5.41) is 3.45. The Bertz CT molecular complexity index is 826. The van der Waals surface area contributed by atoms with Gasteiger partial charge in [-0.25, -0.2) is 15.4 Å². The summed E-state index contributed by atoms with van der Waals surface area (Å²) in [4.78, 5) is 5.77. The third-order valence-corrected chi connectivity index (χ3v) is 5.80. The van der Waals surface area contributed by atoms with Gasteiger partial charge in [0.05, 0.1) is 11.4 Å². The first kappa shape index (κ1) is 18.2. The molecule has 27 heavy (non-hydrogen) atoms. The summed E-state index contributed by atoms with van der Waals surface area (Å²) in [5.74, 6) is 0.888. The summed E-state index contributed by atoms with van der Waals surface area (Å²) < 4.78 is 5.87. The largest absolute Gasteiger partial charge is 0.489 e. The summed E-state index contributed by atoms with van der Waals surface area (Å²) in [5.41, 5.74) is 5.87. The third kappa shape index (κ3) is 5.16. The van der Waals surface area contributed by atoms with Crippen LogP contribution in [-0.2, 0) is 13.2 Å². The van der Waals surface area contributed by atoms with Gasteiger partial charge in [0, 0.05) is 19.3 Å². The molecule has 1 aromatic heterocycles. The lowest BCUT2D eigenvalue weighted by molar-refractivity contribution is 0.151. The van der Waals surface area contributed by atoms with E-state index in [-0.39, 0.29) is 0 Å². The number of hydrogen-bond acceptors (Lipinski definition) is 5. The second kappa shape index (κ2) is 9.13. The highest BCUT2D eigenvalue weighted by atomic mass is 32.1. The van der Waals surface area contributed by atoms with Crippen molar-refractivity contribution in [2.24, 2.45) is 0 Å². The standard InChI is InChI=1S/C22H25N3OS/c1-3-7-18(8-4-1)17-26-20-11-9-19(10-12-20)21-15-23-22(27-21)16-24-25-13-5-2-6-14-25/h1,3-4,7-12,15,24H,2,5-6,13-14,16-17H2. The fraction of sp³-hybridized carbons (Fsp3) is 0.318. The number of nitrogens with one attached hydrogen (secondary N) is 1. The molecule has 0 atom stereocenters. The zero-order valence-electron chi connectivity index (χ0n) is 15.4. The second-order valence-corrected chi connectivity index (χ2v) is 7.91. The average molecular weight is 380 g/mol. The minimum Gasteiger partial charge on any atom is -0.489 e. The van der Waals surface area contributed by atoms with E-state index in [9.17, 15) is 0 Å². The van der Waals surface area contributed by atoms with Crippen LogP contribution in [0.25, 0.3) is 10.4 Å². The van der Waals surface area contributed by atoms with Gasteiger partial charge < -0.3 is 4.74 Å². The third-order valence-electron chi connectivity index (χ3n) is 4.75. The minimum atomic E-state index is 0.590. The molecule has 2 aromatic carbocycles. The highest BCUT2D eigenvalue weighted by Crippen LogP contribution is 2.28. The van der Waals surface area contributed by atoms with Crippen LogP contribution in [0.2, 0.25) is 0 Å². The van der Waals surface area contributed by atoms with E-state index in [1.165, 1.54) is 35.3 Å². The van der Waals surface area contributed by atoms with Crippen LogP contribution >= 0.6 is 11.3 Å². The SMILES string of the molecule is c1ccc(COc2ccc(-c3cnc(CNN4CCCCC4)s3)cc2)cc1. The van der Waals surface area contributed by atoms with Crippen molar-refractivity contribution in [1.29, 1.82) is 0 Å². The normalized spacial score (nSPS) is 15.0. The van der Waals surface area contributed by atoms with Gasteiger partial charge in [-0.2, -0.15) is 0 Å². The Morgan fingerprint density at radius 3 is 2.52 bits per heavy atom. The van der Waals surface area contributed by atoms with Crippen LogP contribution in [0.5, 0.6) is 5.75 Å². The lowest BCUT2D eigenvalue weighted by atomic mass is 10.2. The summed E-state index contributed by atoms with van der Waals surface area (Å²) in [6, 6.07) is 18.5. The van der Waals surface area contributed by atoms with E-state index in [1.807, 2.05) is 36.5 Å². The Balaban J connectivity index is 1.31. The van der Waals surface area contributed by atoms with Gasteiger partial charge in [0.2, 0.25) is 0 Å². The first-order chi connectivity index (χ1) is 13.4. The van der Waals surface area contributed by atoms with Gasteiger partial charge in [0.25, 0.3) is 0 Å². The fourth-order valence-electron chi connectivity index (χ4n) is 3.21. The average Bonchev–Trinajstić information content (AvgIpc) is 3.22. The predicted molar refractivity (Wildman–Crippen MR) is 111 cm³/mol. The molecular weight excluding hydrogens is 354 g/mol. The quantitative estimate of drug-likeness (QED) is 0.635. The van der Waals surface area contributed by atoms with Gasteiger partial charge in [-0.3, -0.25) is 0 Å². The summed E-state index contributed by atoms with van der Waals surface area (Å²) >= 11 is 1.75. The van der Waals surface area contributed by atoms with E-state index in [1.54, 1.807) is 11.3 Å². The van der Waals surface area contributed by atoms with Gasteiger partial charge in [0.15, 0.2) is 0 Å². The van der Waals surface area contributed by atoms with Gasteiger partial charge >= 0.3 is 0 Å². The Kier molecular flexibility index (Phi) is 6.14. The molecule has 0 spiro atoms. The Labute approximate surface area is 164 Å². The maximum Gasteiger partial charge on any atom is 0.119 e. The number of piperidine rings is 1. The highest BCUT2D eigenvalue weighted by molar-refractivity contribution is 7.15. The summed E-state index contributed by atoms with van der Waals surface area (Å²) in [6.45, 7) is 3.68. The maximum absolute atomic E-state index is 5.87. The molecule has 0 unspecified atom stereocenters. The van der Waals surface area contributed by atoms with Crippen LogP contribution < -0.4 is 10.2 Å². The van der Waals surface area contributed by atoms with Crippen molar-refractivity contribution in [3.8, 4) is 16.2 Å². The van der Waals surface area contributed by atoms with E-state index in [0.717, 1.165) is 30.4 Å². The molecule has 1 fully saturated rings. The number of ether oxygens (including phenoxy) is 1. The van der Waals surface area contributed by atoms with Gasteiger partial charge in [0.1, 0.15) is 17.4 Å². The number of rotatable bonds is 7. The molecule has 2 heterocycles. The van der Waals surface area contributed by atoms with Crippen molar-refractivity contribution in [3.05, 3.63) is 71.4 Å². The van der Waals surface area contributed by atoms with Gasteiger partial charge in [-0.1, -0.05) is 36.8 Å². The Hall–Kier alpha value is -2.21. The molecular formula is C22H25N3OS. The Morgan fingerprint density at radius 2 is 1.74 bits per heavy atom. The van der Waals surface area contributed by atoms with Gasteiger partial charge in [-0.05, 0) is 48.2 Å². The fourth-order valence-corrected chi connectivity index (χ4v) is 4.07. The molecule has 140 valence electrons. The van der Waals surface area contributed by atoms with E-state index < -0.39 is 0 Å². The second-order valence-electron chi connectivity index (χ2n) is 6.80. The van der Waals surface area contributed by atoms with Crippen LogP contribution in [0.15, 0.2) is 60.8 Å². The summed E-state index contributed by atoms with van der Waals surface area (Å²) in [6.07, 6.45) is 5.89. The molecule has 0 bridgehead atoms. The molecule has 1 saturated heterocycles. The Morgan fingerprint density at radius 1 is 0.963 bits per heavy atom. The van der Waals surface area contributed by atoms with E-state index in [2.05, 4.69) is 39.7 Å². The van der Waals surface area contributed by atoms with Crippen molar-refractivity contribution < 1.29 is 4.74 Å². The number of aromatic nitrogens is 1. The molecule has 0 saturated carbocycles. The molecule has 5 heteroatoms. The van der Waals surface area contributed by atoms with Crippen molar-refractivity contribution in [2.45, 2.75) is 32.4 Å². The topological polar surface area (TPSA) is 37.4 Å². The van der Waals surface area contributed by atoms with E-state index in [0.29, 0.717) is 6.61 Å². The number of nitrogens with zero attached hydrogens (tertiary/aromatic N) is 2. The van der Waals surface area contributed by atoms with Crippen LogP contribution in [0, 0.1) is 0 Å². The first-order valence-electron chi connectivity index (χ1n) is 9.57. The van der Waals surface area contributed by atoms with E-state index >= 15 is 0 Å². The first-order valence-corrected chi connectivity index (χ1v) is 10.4. The molecule has 4 nitrogen and oxygen atoms in total. The smallest absolute Gasteiger partial charge is 0.119 e. The van der Waals surface area contributed by atoms with Crippen molar-refractivity contribution in [1.82, 2.24) is 15.4 Å². The van der Waals surface area contributed by atoms with Crippen LogP contribution in [0.3, 0.4) is 0 Å². The number of benzene rings is 2. The molecule has 0 aliphatic carbocycles. The maximum atomic E-state index is 5.87. The molecule has 3 aromatic rings. The molecule has 1 aliphatic rings. The van der Waals surface area contributed by atoms with Gasteiger partial charge in [-0.15, -0.1) is 11.3 Å². The monoisotopic (exact) mass is 379 g/mol. The lowest BCUT2D eigenvalue weighted by Crippen LogP contribution is -2.41. The van der Waals surface area contributed by atoms with Crippen molar-refractivity contribution >= 4 is 11.3 Å².